The molecule has 3 rings (SSSR count). The van der Waals surface area contributed by atoms with Gasteiger partial charge in [0.05, 0.1) is 22.7 Å². The molecular weight excluding hydrogens is 284 g/mol. The number of ketones is 1. The van der Waals surface area contributed by atoms with Gasteiger partial charge in [-0.2, -0.15) is 5.10 Å². The summed E-state index contributed by atoms with van der Waals surface area (Å²) in [5.74, 6) is -0.00690. The molecule has 0 fully saturated rings. The van der Waals surface area contributed by atoms with Gasteiger partial charge in [-0.1, -0.05) is 41.9 Å². The number of carbonyl (C=O) groups excluding carboxylic acids is 1. The number of halogens is 1. The zero-order valence-corrected chi connectivity index (χ0v) is 12.7. The first-order valence-corrected chi connectivity index (χ1v) is 7.14. The van der Waals surface area contributed by atoms with E-state index in [9.17, 15) is 4.79 Å². The Bertz CT molecular complexity index is 836. The summed E-state index contributed by atoms with van der Waals surface area (Å²) in [5.41, 5.74) is 3.28. The first-order valence-electron chi connectivity index (χ1n) is 6.77. The topological polar surface area (TPSA) is 34.9 Å². The lowest BCUT2D eigenvalue weighted by atomic mass is 10.0. The summed E-state index contributed by atoms with van der Waals surface area (Å²) >= 11 is 6.23. The summed E-state index contributed by atoms with van der Waals surface area (Å²) in [6, 6.07) is 13.4. The molecule has 0 unspecified atom stereocenters. The zero-order chi connectivity index (χ0) is 15.0. The smallest absolute Gasteiger partial charge is 0.170 e. The molecule has 0 amide bonds. The second-order valence-corrected chi connectivity index (χ2v) is 5.50. The average molecular weight is 299 g/mol. The molecule has 0 atom stereocenters. The van der Waals surface area contributed by atoms with Crippen LogP contribution in [-0.2, 0) is 13.5 Å². The molecule has 1 aromatic heterocycles. The van der Waals surface area contributed by atoms with Crippen LogP contribution in [0.1, 0.15) is 21.6 Å². The summed E-state index contributed by atoms with van der Waals surface area (Å²) in [4.78, 5) is 12.5. The zero-order valence-electron chi connectivity index (χ0n) is 11.9. The van der Waals surface area contributed by atoms with Crippen molar-refractivity contribution < 1.29 is 4.79 Å². The molecule has 0 N–H and O–H groups in total. The van der Waals surface area contributed by atoms with Crippen molar-refractivity contribution in [3.05, 3.63) is 64.3 Å². The van der Waals surface area contributed by atoms with E-state index in [0.29, 0.717) is 10.6 Å². The molecule has 0 aliphatic carbocycles. The van der Waals surface area contributed by atoms with Gasteiger partial charge in [0.1, 0.15) is 0 Å². The van der Waals surface area contributed by atoms with Gasteiger partial charge in [0.25, 0.3) is 0 Å². The SMILES string of the molecule is Cc1cccc(C(=O)Cc2nn(C)c3ccccc23)c1Cl. The van der Waals surface area contributed by atoms with Crippen molar-refractivity contribution in [2.24, 2.45) is 7.05 Å². The Kier molecular flexibility index (Phi) is 3.52. The number of carbonyl (C=O) groups is 1. The van der Waals surface area contributed by atoms with Gasteiger partial charge in [0.2, 0.25) is 0 Å². The average Bonchev–Trinajstić information content (AvgIpc) is 2.79. The highest BCUT2D eigenvalue weighted by Crippen LogP contribution is 2.24. The van der Waals surface area contributed by atoms with Gasteiger partial charge in [-0.3, -0.25) is 9.48 Å². The Morgan fingerprint density at radius 2 is 1.95 bits per heavy atom. The fourth-order valence-electron chi connectivity index (χ4n) is 2.53. The number of aromatic nitrogens is 2. The largest absolute Gasteiger partial charge is 0.294 e. The second-order valence-electron chi connectivity index (χ2n) is 5.12. The molecule has 0 saturated heterocycles. The molecule has 0 aliphatic heterocycles. The summed E-state index contributed by atoms with van der Waals surface area (Å²) in [6.45, 7) is 1.90. The number of para-hydroxylation sites is 1. The molecular formula is C17H15ClN2O. The molecule has 1 heterocycles. The van der Waals surface area contributed by atoms with E-state index in [0.717, 1.165) is 22.2 Å². The van der Waals surface area contributed by atoms with Crippen molar-refractivity contribution in [3.63, 3.8) is 0 Å². The molecule has 3 nitrogen and oxygen atoms in total. The van der Waals surface area contributed by atoms with Crippen LogP contribution in [-0.4, -0.2) is 15.6 Å². The number of rotatable bonds is 3. The lowest BCUT2D eigenvalue weighted by Crippen LogP contribution is -2.06. The minimum absolute atomic E-state index is 0.00690. The van der Waals surface area contributed by atoms with E-state index in [1.807, 2.05) is 50.4 Å². The van der Waals surface area contributed by atoms with Crippen LogP contribution < -0.4 is 0 Å². The summed E-state index contributed by atoms with van der Waals surface area (Å²) < 4.78 is 1.80. The quantitative estimate of drug-likeness (QED) is 0.686. The second kappa shape index (κ2) is 5.34. The minimum Gasteiger partial charge on any atom is -0.294 e. The third kappa shape index (κ3) is 2.45. The predicted octanol–water partition coefficient (Wildman–Crippen LogP) is 3.96. The highest BCUT2D eigenvalue weighted by Gasteiger charge is 2.16. The van der Waals surface area contributed by atoms with Crippen LogP contribution in [0.3, 0.4) is 0 Å². The standard InChI is InChI=1S/C17H15ClN2O/c1-11-6-5-8-13(17(11)18)16(21)10-14-12-7-3-4-9-15(12)20(2)19-14/h3-9H,10H2,1-2H3. The van der Waals surface area contributed by atoms with Crippen LogP contribution in [0.25, 0.3) is 10.9 Å². The molecule has 0 aliphatic rings. The molecule has 0 bridgehead atoms. The molecule has 0 saturated carbocycles. The normalized spacial score (nSPS) is 11.0. The first-order chi connectivity index (χ1) is 10.1. The highest BCUT2D eigenvalue weighted by molar-refractivity contribution is 6.34. The lowest BCUT2D eigenvalue weighted by molar-refractivity contribution is 0.0992. The van der Waals surface area contributed by atoms with Crippen LogP contribution in [0.2, 0.25) is 5.02 Å². The van der Waals surface area contributed by atoms with Crippen LogP contribution in [0.4, 0.5) is 0 Å². The van der Waals surface area contributed by atoms with Gasteiger partial charge in [-0.15, -0.1) is 0 Å². The monoisotopic (exact) mass is 298 g/mol. The van der Waals surface area contributed by atoms with Gasteiger partial charge in [0, 0.05) is 18.0 Å². The summed E-state index contributed by atoms with van der Waals surface area (Å²) in [5, 5.41) is 6.00. The Labute approximate surface area is 128 Å². The van der Waals surface area contributed by atoms with Crippen LogP contribution in [0.15, 0.2) is 42.5 Å². The number of fused-ring (bicyclic) bond motifs is 1. The van der Waals surface area contributed by atoms with Crippen molar-refractivity contribution in [3.8, 4) is 0 Å². The van der Waals surface area contributed by atoms with E-state index >= 15 is 0 Å². The van der Waals surface area contributed by atoms with Crippen molar-refractivity contribution in [2.75, 3.05) is 0 Å². The number of nitrogens with zero attached hydrogens (tertiary/aromatic N) is 2. The van der Waals surface area contributed by atoms with E-state index in [1.165, 1.54) is 0 Å². The van der Waals surface area contributed by atoms with Crippen LogP contribution in [0, 0.1) is 6.92 Å². The van der Waals surface area contributed by atoms with E-state index in [1.54, 1.807) is 10.7 Å². The minimum atomic E-state index is -0.00690. The van der Waals surface area contributed by atoms with Crippen LogP contribution in [0.5, 0.6) is 0 Å². The van der Waals surface area contributed by atoms with E-state index < -0.39 is 0 Å². The van der Waals surface area contributed by atoms with Gasteiger partial charge in [-0.25, -0.2) is 0 Å². The van der Waals surface area contributed by atoms with Crippen molar-refractivity contribution in [1.82, 2.24) is 9.78 Å². The number of Topliss-reactive ketones (excluding diaryl/α,β-unsaturated/α-hetero) is 1. The number of hydrogen-bond donors (Lipinski definition) is 0. The number of aryl methyl sites for hydroxylation is 2. The molecule has 0 radical (unpaired) electrons. The predicted molar refractivity (Wildman–Crippen MR) is 84.9 cm³/mol. The molecule has 21 heavy (non-hydrogen) atoms. The molecule has 106 valence electrons. The fraction of sp³-hybridized carbons (Fsp3) is 0.176. The van der Waals surface area contributed by atoms with E-state index in [4.69, 9.17) is 11.6 Å². The third-order valence-electron chi connectivity index (χ3n) is 3.65. The Morgan fingerprint density at radius 3 is 2.76 bits per heavy atom. The van der Waals surface area contributed by atoms with Gasteiger partial charge in [0.15, 0.2) is 5.78 Å². The van der Waals surface area contributed by atoms with Crippen LogP contribution >= 0.6 is 11.6 Å². The van der Waals surface area contributed by atoms with Crippen molar-refractivity contribution >= 4 is 28.3 Å². The summed E-state index contributed by atoms with van der Waals surface area (Å²) in [7, 11) is 1.88. The van der Waals surface area contributed by atoms with Gasteiger partial charge < -0.3 is 0 Å². The van der Waals surface area contributed by atoms with Gasteiger partial charge >= 0.3 is 0 Å². The fourth-order valence-corrected chi connectivity index (χ4v) is 2.76. The molecule has 4 heteroatoms. The maximum absolute atomic E-state index is 12.5. The van der Waals surface area contributed by atoms with E-state index in [-0.39, 0.29) is 12.2 Å². The maximum atomic E-state index is 12.5. The van der Waals surface area contributed by atoms with E-state index in [2.05, 4.69) is 5.10 Å². The third-order valence-corrected chi connectivity index (χ3v) is 4.16. The Morgan fingerprint density at radius 1 is 1.19 bits per heavy atom. The first kappa shape index (κ1) is 13.8. The number of hydrogen-bond acceptors (Lipinski definition) is 2. The molecule has 0 spiro atoms. The highest BCUT2D eigenvalue weighted by atomic mass is 35.5. The Hall–Kier alpha value is -2.13. The van der Waals surface area contributed by atoms with Gasteiger partial charge in [-0.05, 0) is 24.6 Å². The lowest BCUT2D eigenvalue weighted by Gasteiger charge is -2.05. The Balaban J connectivity index is 1.99. The maximum Gasteiger partial charge on any atom is 0.170 e. The van der Waals surface area contributed by atoms with Crippen molar-refractivity contribution in [2.45, 2.75) is 13.3 Å². The summed E-state index contributed by atoms with van der Waals surface area (Å²) in [6.07, 6.45) is 0.254. The molecule has 3 aromatic rings. The molecule has 2 aromatic carbocycles. The number of benzene rings is 2. The van der Waals surface area contributed by atoms with Crippen molar-refractivity contribution in [1.29, 1.82) is 0 Å².